The van der Waals surface area contributed by atoms with Crippen LogP contribution in [0.1, 0.15) is 13.3 Å². The summed E-state index contributed by atoms with van der Waals surface area (Å²) in [6.45, 7) is 3.04. The standard InChI is InChI=1S/C20H19BrN6/c1-2-8-27-12-14(11-23-27)13-6-7-18-17(9-13)19(26-20(22)25-18)24-16-5-3-4-15(21)10-16/h3-7,9-12H,2,8H2,1H3,(H3,22,24,25,26). The summed E-state index contributed by atoms with van der Waals surface area (Å²) in [6.07, 6.45) is 4.99. The number of benzene rings is 2. The highest BCUT2D eigenvalue weighted by molar-refractivity contribution is 9.10. The topological polar surface area (TPSA) is 81.7 Å². The van der Waals surface area contributed by atoms with Crippen LogP contribution < -0.4 is 11.1 Å². The lowest BCUT2D eigenvalue weighted by Crippen LogP contribution is -2.01. The number of hydrogen-bond acceptors (Lipinski definition) is 5. The molecule has 4 aromatic rings. The Kier molecular flexibility index (Phi) is 4.77. The van der Waals surface area contributed by atoms with E-state index in [0.717, 1.165) is 45.2 Å². The lowest BCUT2D eigenvalue weighted by molar-refractivity contribution is 0.603. The van der Waals surface area contributed by atoms with Crippen LogP contribution in [0.5, 0.6) is 0 Å². The monoisotopic (exact) mass is 422 g/mol. The maximum Gasteiger partial charge on any atom is 0.222 e. The summed E-state index contributed by atoms with van der Waals surface area (Å²) in [7, 11) is 0. The molecule has 0 unspecified atom stereocenters. The third-order valence-corrected chi connectivity index (χ3v) is 4.71. The number of rotatable bonds is 5. The molecule has 136 valence electrons. The first kappa shape index (κ1) is 17.5. The van der Waals surface area contributed by atoms with Crippen LogP contribution in [-0.4, -0.2) is 19.7 Å². The van der Waals surface area contributed by atoms with E-state index in [4.69, 9.17) is 5.73 Å². The van der Waals surface area contributed by atoms with Crippen molar-refractivity contribution in [1.29, 1.82) is 0 Å². The zero-order valence-electron chi connectivity index (χ0n) is 14.9. The first-order valence-corrected chi connectivity index (χ1v) is 9.54. The Labute approximate surface area is 165 Å². The van der Waals surface area contributed by atoms with Crippen molar-refractivity contribution in [3.05, 3.63) is 59.3 Å². The summed E-state index contributed by atoms with van der Waals surface area (Å²) >= 11 is 3.49. The van der Waals surface area contributed by atoms with Gasteiger partial charge in [0.1, 0.15) is 5.82 Å². The van der Waals surface area contributed by atoms with Crippen molar-refractivity contribution in [2.75, 3.05) is 11.1 Å². The van der Waals surface area contributed by atoms with Crippen molar-refractivity contribution in [2.45, 2.75) is 19.9 Å². The second-order valence-corrected chi connectivity index (χ2v) is 7.21. The molecular formula is C20H19BrN6. The van der Waals surface area contributed by atoms with E-state index in [2.05, 4.69) is 55.5 Å². The van der Waals surface area contributed by atoms with Gasteiger partial charge in [0.15, 0.2) is 0 Å². The maximum absolute atomic E-state index is 5.91. The molecule has 0 spiro atoms. The minimum absolute atomic E-state index is 0.239. The molecule has 0 saturated heterocycles. The van der Waals surface area contributed by atoms with Crippen LogP contribution in [-0.2, 0) is 6.54 Å². The first-order chi connectivity index (χ1) is 13.1. The van der Waals surface area contributed by atoms with E-state index in [1.54, 1.807) is 0 Å². The number of fused-ring (bicyclic) bond motifs is 1. The summed E-state index contributed by atoms with van der Waals surface area (Å²) in [5.74, 6) is 0.918. The van der Waals surface area contributed by atoms with Crippen LogP contribution in [0, 0.1) is 0 Å². The summed E-state index contributed by atoms with van der Waals surface area (Å²) < 4.78 is 2.95. The van der Waals surface area contributed by atoms with Crippen LogP contribution in [0.15, 0.2) is 59.3 Å². The van der Waals surface area contributed by atoms with Crippen molar-refractivity contribution in [3.63, 3.8) is 0 Å². The quantitative estimate of drug-likeness (QED) is 0.473. The van der Waals surface area contributed by atoms with Crippen molar-refractivity contribution in [2.24, 2.45) is 0 Å². The van der Waals surface area contributed by atoms with E-state index in [1.807, 2.05) is 47.3 Å². The summed E-state index contributed by atoms with van der Waals surface area (Å²) in [5.41, 5.74) is 9.76. The molecule has 2 heterocycles. The highest BCUT2D eigenvalue weighted by atomic mass is 79.9. The number of nitrogens with zero attached hydrogens (tertiary/aromatic N) is 4. The third-order valence-electron chi connectivity index (χ3n) is 4.22. The fourth-order valence-electron chi connectivity index (χ4n) is 2.99. The molecular weight excluding hydrogens is 404 g/mol. The molecule has 0 bridgehead atoms. The average molecular weight is 423 g/mol. The zero-order chi connectivity index (χ0) is 18.8. The van der Waals surface area contributed by atoms with Gasteiger partial charge in [0.2, 0.25) is 5.95 Å². The molecule has 0 aliphatic heterocycles. The van der Waals surface area contributed by atoms with Crippen LogP contribution >= 0.6 is 15.9 Å². The van der Waals surface area contributed by atoms with Gasteiger partial charge in [-0.2, -0.15) is 10.1 Å². The molecule has 6 nitrogen and oxygen atoms in total. The minimum atomic E-state index is 0.239. The van der Waals surface area contributed by atoms with Gasteiger partial charge in [-0.3, -0.25) is 4.68 Å². The molecule has 0 amide bonds. The second kappa shape index (κ2) is 7.36. The Morgan fingerprint density at radius 2 is 2.00 bits per heavy atom. The van der Waals surface area contributed by atoms with Crippen LogP contribution in [0.2, 0.25) is 0 Å². The van der Waals surface area contributed by atoms with Gasteiger partial charge >= 0.3 is 0 Å². The summed E-state index contributed by atoms with van der Waals surface area (Å²) in [5, 5.41) is 8.68. The lowest BCUT2D eigenvalue weighted by atomic mass is 10.1. The van der Waals surface area contributed by atoms with E-state index in [0.29, 0.717) is 5.82 Å². The zero-order valence-corrected chi connectivity index (χ0v) is 16.4. The smallest absolute Gasteiger partial charge is 0.222 e. The lowest BCUT2D eigenvalue weighted by Gasteiger charge is -2.11. The molecule has 7 heteroatoms. The predicted molar refractivity (Wildman–Crippen MR) is 113 cm³/mol. The molecule has 27 heavy (non-hydrogen) atoms. The SMILES string of the molecule is CCCn1cc(-c2ccc3nc(N)nc(Nc4cccc(Br)c4)c3c2)cn1. The van der Waals surface area contributed by atoms with Gasteiger partial charge in [-0.1, -0.05) is 35.0 Å². The van der Waals surface area contributed by atoms with Gasteiger partial charge in [-0.25, -0.2) is 4.98 Å². The number of anilines is 3. The number of nitrogens with one attached hydrogen (secondary N) is 1. The predicted octanol–water partition coefficient (Wildman–Crippen LogP) is 4.99. The van der Waals surface area contributed by atoms with Gasteiger partial charge in [0.05, 0.1) is 11.7 Å². The average Bonchev–Trinajstić information content (AvgIpc) is 3.10. The molecule has 0 radical (unpaired) electrons. The Morgan fingerprint density at radius 1 is 1.11 bits per heavy atom. The maximum atomic E-state index is 5.91. The Hall–Kier alpha value is -2.93. The molecule has 0 aliphatic rings. The van der Waals surface area contributed by atoms with Crippen LogP contribution in [0.3, 0.4) is 0 Å². The van der Waals surface area contributed by atoms with Gasteiger partial charge in [0, 0.05) is 33.9 Å². The number of halogens is 1. The van der Waals surface area contributed by atoms with Crippen molar-refractivity contribution < 1.29 is 0 Å². The van der Waals surface area contributed by atoms with Gasteiger partial charge in [-0.05, 0) is 42.3 Å². The number of nitrogen functional groups attached to an aromatic ring is 1. The van der Waals surface area contributed by atoms with Crippen molar-refractivity contribution in [1.82, 2.24) is 19.7 Å². The van der Waals surface area contributed by atoms with Gasteiger partial charge in [-0.15, -0.1) is 0 Å². The van der Waals surface area contributed by atoms with Crippen LogP contribution in [0.4, 0.5) is 17.5 Å². The second-order valence-electron chi connectivity index (χ2n) is 6.29. The van der Waals surface area contributed by atoms with Crippen molar-refractivity contribution >= 4 is 44.3 Å². The minimum Gasteiger partial charge on any atom is -0.368 e. The molecule has 0 atom stereocenters. The summed E-state index contributed by atoms with van der Waals surface area (Å²) in [4.78, 5) is 8.78. The van der Waals surface area contributed by atoms with Crippen molar-refractivity contribution in [3.8, 4) is 11.1 Å². The molecule has 0 aliphatic carbocycles. The summed E-state index contributed by atoms with van der Waals surface area (Å²) in [6, 6.07) is 14.0. The van der Waals surface area contributed by atoms with E-state index in [1.165, 1.54) is 0 Å². The largest absolute Gasteiger partial charge is 0.368 e. The van der Waals surface area contributed by atoms with E-state index in [-0.39, 0.29) is 5.95 Å². The fourth-order valence-corrected chi connectivity index (χ4v) is 3.39. The van der Waals surface area contributed by atoms with Crippen LogP contribution in [0.25, 0.3) is 22.0 Å². The molecule has 0 fully saturated rings. The number of hydrogen-bond donors (Lipinski definition) is 2. The number of nitrogens with two attached hydrogens (primary N) is 1. The molecule has 3 N–H and O–H groups in total. The van der Waals surface area contributed by atoms with Gasteiger partial charge < -0.3 is 11.1 Å². The highest BCUT2D eigenvalue weighted by Crippen LogP contribution is 2.30. The van der Waals surface area contributed by atoms with E-state index >= 15 is 0 Å². The number of aryl methyl sites for hydroxylation is 1. The Balaban J connectivity index is 1.78. The van der Waals surface area contributed by atoms with Gasteiger partial charge in [0.25, 0.3) is 0 Å². The molecule has 4 rings (SSSR count). The Bertz CT molecular complexity index is 1100. The number of aromatic nitrogens is 4. The third kappa shape index (κ3) is 3.78. The fraction of sp³-hybridized carbons (Fsp3) is 0.150. The first-order valence-electron chi connectivity index (χ1n) is 8.75. The molecule has 0 saturated carbocycles. The van der Waals surface area contributed by atoms with E-state index in [9.17, 15) is 0 Å². The highest BCUT2D eigenvalue weighted by Gasteiger charge is 2.10. The van der Waals surface area contributed by atoms with E-state index < -0.39 is 0 Å². The molecule has 2 aromatic heterocycles. The molecule has 2 aromatic carbocycles. The Morgan fingerprint density at radius 3 is 2.81 bits per heavy atom. The normalized spacial score (nSPS) is 11.0.